The Balaban J connectivity index is 1.82. The Morgan fingerprint density at radius 3 is 3.14 bits per heavy atom. The van der Waals surface area contributed by atoms with Gasteiger partial charge in [-0.25, -0.2) is 4.98 Å². The lowest BCUT2D eigenvalue weighted by Gasteiger charge is -2.11. The van der Waals surface area contributed by atoms with E-state index < -0.39 is 0 Å². The van der Waals surface area contributed by atoms with E-state index in [-0.39, 0.29) is 0 Å². The molecular formula is C10H13IN2O. The lowest BCUT2D eigenvalue weighted by molar-refractivity contribution is 0.276. The Kier molecular flexibility index (Phi) is 3.58. The fourth-order valence-corrected chi connectivity index (χ4v) is 1.86. The quantitative estimate of drug-likeness (QED) is 0.683. The molecule has 1 aromatic heterocycles. The van der Waals surface area contributed by atoms with Crippen molar-refractivity contribution < 1.29 is 4.74 Å². The molecule has 1 unspecified atom stereocenters. The van der Waals surface area contributed by atoms with Gasteiger partial charge in [0.05, 0.1) is 6.20 Å². The summed E-state index contributed by atoms with van der Waals surface area (Å²) >= 11 is 2.18. The van der Waals surface area contributed by atoms with Crippen molar-refractivity contribution in [1.82, 2.24) is 10.3 Å². The second-order valence-corrected chi connectivity index (χ2v) is 4.53. The van der Waals surface area contributed by atoms with Gasteiger partial charge in [0.1, 0.15) is 16.1 Å². The van der Waals surface area contributed by atoms with Crippen molar-refractivity contribution in [1.29, 1.82) is 0 Å². The summed E-state index contributed by atoms with van der Waals surface area (Å²) in [6, 6.07) is 4.44. The maximum atomic E-state index is 5.62. The van der Waals surface area contributed by atoms with Crippen LogP contribution in [-0.4, -0.2) is 24.2 Å². The Morgan fingerprint density at radius 2 is 2.50 bits per heavy atom. The molecule has 4 heteroatoms. The van der Waals surface area contributed by atoms with Crippen molar-refractivity contribution in [2.45, 2.75) is 18.9 Å². The molecule has 0 bridgehead atoms. The monoisotopic (exact) mass is 304 g/mol. The molecule has 0 saturated carbocycles. The third-order valence-corrected chi connectivity index (χ3v) is 2.95. The van der Waals surface area contributed by atoms with Gasteiger partial charge in [-0.15, -0.1) is 0 Å². The Hall–Kier alpha value is -0.360. The van der Waals surface area contributed by atoms with Crippen LogP contribution in [-0.2, 0) is 0 Å². The van der Waals surface area contributed by atoms with E-state index >= 15 is 0 Å². The topological polar surface area (TPSA) is 34.1 Å². The largest absolute Gasteiger partial charge is 0.490 e. The summed E-state index contributed by atoms with van der Waals surface area (Å²) in [6.45, 7) is 1.88. The molecule has 2 heterocycles. The maximum absolute atomic E-state index is 5.62. The molecule has 1 fully saturated rings. The SMILES string of the molecule is Ic1ccc(OCC2CCCN2)cn1. The molecule has 1 atom stereocenters. The highest BCUT2D eigenvalue weighted by Crippen LogP contribution is 2.12. The van der Waals surface area contributed by atoms with Gasteiger partial charge in [-0.1, -0.05) is 0 Å². The minimum atomic E-state index is 0.522. The van der Waals surface area contributed by atoms with Gasteiger partial charge in [0.15, 0.2) is 0 Å². The van der Waals surface area contributed by atoms with Crippen molar-refractivity contribution in [3.8, 4) is 5.75 Å². The number of nitrogens with zero attached hydrogens (tertiary/aromatic N) is 1. The van der Waals surface area contributed by atoms with Gasteiger partial charge in [-0.2, -0.15) is 0 Å². The number of pyridine rings is 1. The summed E-state index contributed by atoms with van der Waals surface area (Å²) in [4.78, 5) is 4.17. The number of nitrogens with one attached hydrogen (secondary N) is 1. The van der Waals surface area contributed by atoms with Crippen molar-refractivity contribution in [2.24, 2.45) is 0 Å². The first-order valence-corrected chi connectivity index (χ1v) is 5.90. The first kappa shape index (κ1) is 10.2. The second-order valence-electron chi connectivity index (χ2n) is 3.42. The number of rotatable bonds is 3. The molecule has 1 aliphatic rings. The van der Waals surface area contributed by atoms with Gasteiger partial charge in [-0.05, 0) is 54.1 Å². The minimum Gasteiger partial charge on any atom is -0.490 e. The van der Waals surface area contributed by atoms with Crippen LogP contribution in [0.3, 0.4) is 0 Å². The highest BCUT2D eigenvalue weighted by molar-refractivity contribution is 14.1. The maximum Gasteiger partial charge on any atom is 0.137 e. The molecule has 2 rings (SSSR count). The average molecular weight is 304 g/mol. The van der Waals surface area contributed by atoms with Crippen LogP contribution in [0.15, 0.2) is 18.3 Å². The highest BCUT2D eigenvalue weighted by atomic mass is 127. The van der Waals surface area contributed by atoms with Gasteiger partial charge < -0.3 is 10.1 Å². The van der Waals surface area contributed by atoms with E-state index in [9.17, 15) is 0 Å². The van der Waals surface area contributed by atoms with Crippen LogP contribution in [0.4, 0.5) is 0 Å². The van der Waals surface area contributed by atoms with Gasteiger partial charge >= 0.3 is 0 Å². The molecule has 0 aromatic carbocycles. The Labute approximate surface area is 97.4 Å². The number of ether oxygens (including phenoxy) is 1. The van der Waals surface area contributed by atoms with E-state index in [0.29, 0.717) is 6.04 Å². The van der Waals surface area contributed by atoms with E-state index in [1.807, 2.05) is 12.1 Å². The molecule has 1 N–H and O–H groups in total. The lowest BCUT2D eigenvalue weighted by Crippen LogP contribution is -2.28. The fourth-order valence-electron chi connectivity index (χ4n) is 1.54. The minimum absolute atomic E-state index is 0.522. The second kappa shape index (κ2) is 4.93. The van der Waals surface area contributed by atoms with Crippen LogP contribution in [0.25, 0.3) is 0 Å². The van der Waals surface area contributed by atoms with E-state index in [1.165, 1.54) is 12.8 Å². The predicted molar refractivity (Wildman–Crippen MR) is 63.5 cm³/mol. The summed E-state index contributed by atoms with van der Waals surface area (Å²) in [7, 11) is 0. The fraction of sp³-hybridized carbons (Fsp3) is 0.500. The standard InChI is InChI=1S/C10H13IN2O/c11-10-4-3-9(6-13-10)14-7-8-2-1-5-12-8/h3-4,6,8,12H,1-2,5,7H2. The van der Waals surface area contributed by atoms with Crippen molar-refractivity contribution in [3.63, 3.8) is 0 Å². The third kappa shape index (κ3) is 2.81. The summed E-state index contributed by atoms with van der Waals surface area (Å²) in [5, 5.41) is 3.39. The van der Waals surface area contributed by atoms with Gasteiger partial charge in [0.2, 0.25) is 0 Å². The predicted octanol–water partition coefficient (Wildman–Crippen LogP) is 1.82. The van der Waals surface area contributed by atoms with E-state index in [1.54, 1.807) is 6.20 Å². The third-order valence-electron chi connectivity index (χ3n) is 2.31. The molecule has 0 spiro atoms. The molecule has 1 saturated heterocycles. The van der Waals surface area contributed by atoms with Crippen molar-refractivity contribution in [3.05, 3.63) is 22.0 Å². The van der Waals surface area contributed by atoms with Crippen LogP contribution in [0.5, 0.6) is 5.75 Å². The van der Waals surface area contributed by atoms with Crippen LogP contribution in [0, 0.1) is 3.70 Å². The van der Waals surface area contributed by atoms with E-state index in [4.69, 9.17) is 4.74 Å². The molecule has 76 valence electrons. The van der Waals surface area contributed by atoms with Crippen molar-refractivity contribution >= 4 is 22.6 Å². The van der Waals surface area contributed by atoms with Gasteiger partial charge in [-0.3, -0.25) is 0 Å². The Morgan fingerprint density at radius 1 is 1.57 bits per heavy atom. The number of hydrogen-bond donors (Lipinski definition) is 1. The summed E-state index contributed by atoms with van der Waals surface area (Å²) in [5.74, 6) is 0.860. The highest BCUT2D eigenvalue weighted by Gasteiger charge is 2.14. The molecule has 3 nitrogen and oxygen atoms in total. The summed E-state index contributed by atoms with van der Waals surface area (Å²) in [5.41, 5.74) is 0. The molecule has 1 aromatic rings. The van der Waals surface area contributed by atoms with Crippen molar-refractivity contribution in [2.75, 3.05) is 13.2 Å². The zero-order valence-corrected chi connectivity index (χ0v) is 10.0. The first-order chi connectivity index (χ1) is 6.84. The summed E-state index contributed by atoms with van der Waals surface area (Å²) < 4.78 is 6.61. The molecule has 0 aliphatic carbocycles. The average Bonchev–Trinajstić information content (AvgIpc) is 2.70. The Bertz CT molecular complexity index is 283. The van der Waals surface area contributed by atoms with Crippen LogP contribution in [0.1, 0.15) is 12.8 Å². The molecular weight excluding hydrogens is 291 g/mol. The zero-order chi connectivity index (χ0) is 9.80. The number of hydrogen-bond acceptors (Lipinski definition) is 3. The molecule has 0 radical (unpaired) electrons. The molecule has 14 heavy (non-hydrogen) atoms. The van der Waals surface area contributed by atoms with Crippen LogP contribution >= 0.6 is 22.6 Å². The summed E-state index contributed by atoms with van der Waals surface area (Å²) in [6.07, 6.45) is 4.26. The number of aromatic nitrogens is 1. The van der Waals surface area contributed by atoms with E-state index in [2.05, 4.69) is 32.9 Å². The van der Waals surface area contributed by atoms with Crippen LogP contribution in [0.2, 0.25) is 0 Å². The number of halogens is 1. The first-order valence-electron chi connectivity index (χ1n) is 4.82. The smallest absolute Gasteiger partial charge is 0.137 e. The van der Waals surface area contributed by atoms with Gasteiger partial charge in [0.25, 0.3) is 0 Å². The van der Waals surface area contributed by atoms with Crippen LogP contribution < -0.4 is 10.1 Å². The van der Waals surface area contributed by atoms with E-state index in [0.717, 1.165) is 22.6 Å². The molecule has 0 amide bonds. The zero-order valence-electron chi connectivity index (χ0n) is 7.87. The van der Waals surface area contributed by atoms with Gasteiger partial charge in [0, 0.05) is 6.04 Å². The normalized spacial score (nSPS) is 21.1. The molecule has 1 aliphatic heterocycles. The lowest BCUT2D eigenvalue weighted by atomic mass is 10.2.